The maximum absolute atomic E-state index is 10.8. The van der Waals surface area contributed by atoms with E-state index in [1.54, 1.807) is 0 Å². The highest BCUT2D eigenvalue weighted by Gasteiger charge is 2.40. The Bertz CT molecular complexity index is 346. The lowest BCUT2D eigenvalue weighted by Crippen LogP contribution is -2.44. The van der Waals surface area contributed by atoms with Gasteiger partial charge in [-0.3, -0.25) is 24.5 Å². The van der Waals surface area contributed by atoms with Crippen LogP contribution in [0.15, 0.2) is 0 Å². The van der Waals surface area contributed by atoms with Crippen molar-refractivity contribution < 1.29 is 33.5 Å². The van der Waals surface area contributed by atoms with Crippen LogP contribution in [-0.2, 0) is 28.6 Å². The average molecular weight is 291 g/mol. The van der Waals surface area contributed by atoms with Crippen molar-refractivity contribution in [2.45, 2.75) is 20.8 Å². The van der Waals surface area contributed by atoms with Crippen LogP contribution >= 0.6 is 0 Å². The molecule has 0 bridgehead atoms. The smallest absolute Gasteiger partial charge is 0.302 e. The summed E-state index contributed by atoms with van der Waals surface area (Å²) in [7, 11) is 0. The van der Waals surface area contributed by atoms with E-state index in [4.69, 9.17) is 14.2 Å². The normalized spacial score (nSPS) is 10.6. The fourth-order valence-corrected chi connectivity index (χ4v) is 1.30. The van der Waals surface area contributed by atoms with Gasteiger partial charge in [0.1, 0.15) is 25.2 Å². The van der Waals surface area contributed by atoms with Gasteiger partial charge in [-0.25, -0.2) is 0 Å². The second kappa shape index (κ2) is 8.08. The van der Waals surface area contributed by atoms with E-state index in [0.29, 0.717) is 0 Å². The topological polar surface area (TPSA) is 122 Å². The molecule has 0 aliphatic heterocycles. The van der Waals surface area contributed by atoms with Crippen LogP contribution in [0.25, 0.3) is 0 Å². The summed E-state index contributed by atoms with van der Waals surface area (Å²) in [6, 6.07) is 0. The Morgan fingerprint density at radius 3 is 1.40 bits per heavy atom. The second-order valence-electron chi connectivity index (χ2n) is 4.33. The standard InChI is InChI=1S/C11H17NO8/c1-8(13)18-5-11(4-12(16)17,6-19-9(2)14)7-20-10(3)15/h4-7H2,1-3H3. The number of nitro groups is 1. The van der Waals surface area contributed by atoms with Gasteiger partial charge in [-0.1, -0.05) is 0 Å². The zero-order valence-electron chi connectivity index (χ0n) is 11.5. The minimum Gasteiger partial charge on any atom is -0.465 e. The highest BCUT2D eigenvalue weighted by atomic mass is 16.6. The molecule has 0 aromatic rings. The molecule has 0 unspecified atom stereocenters. The molecular formula is C11H17NO8. The highest BCUT2D eigenvalue weighted by Crippen LogP contribution is 2.20. The van der Waals surface area contributed by atoms with Gasteiger partial charge in [0.25, 0.3) is 0 Å². The maximum atomic E-state index is 10.8. The number of carbonyl (C=O) groups is 3. The van der Waals surface area contributed by atoms with Gasteiger partial charge >= 0.3 is 17.9 Å². The van der Waals surface area contributed by atoms with Crippen molar-refractivity contribution in [2.24, 2.45) is 5.41 Å². The maximum Gasteiger partial charge on any atom is 0.302 e. The predicted molar refractivity (Wildman–Crippen MR) is 64.2 cm³/mol. The molecule has 0 aromatic carbocycles. The van der Waals surface area contributed by atoms with Crippen LogP contribution < -0.4 is 0 Å². The van der Waals surface area contributed by atoms with Crippen molar-refractivity contribution in [2.75, 3.05) is 26.4 Å². The third-order valence-electron chi connectivity index (χ3n) is 2.21. The number of ether oxygens (including phenoxy) is 3. The quantitative estimate of drug-likeness (QED) is 0.264. The monoisotopic (exact) mass is 291 g/mol. The number of hydrogen-bond donors (Lipinski definition) is 0. The first kappa shape index (κ1) is 17.8. The summed E-state index contributed by atoms with van der Waals surface area (Å²) in [5.74, 6) is -1.95. The average Bonchev–Trinajstić information content (AvgIpc) is 2.30. The van der Waals surface area contributed by atoms with Crippen LogP contribution in [0, 0.1) is 15.5 Å². The molecule has 0 fully saturated rings. The third-order valence-corrected chi connectivity index (χ3v) is 2.21. The van der Waals surface area contributed by atoms with E-state index in [2.05, 4.69) is 0 Å². The Labute approximate surface area is 115 Å². The van der Waals surface area contributed by atoms with E-state index in [9.17, 15) is 24.5 Å². The van der Waals surface area contributed by atoms with E-state index >= 15 is 0 Å². The molecule has 0 heterocycles. The number of esters is 3. The van der Waals surface area contributed by atoms with Crippen LogP contribution in [-0.4, -0.2) is 49.2 Å². The molecular weight excluding hydrogens is 274 g/mol. The number of hydrogen-bond acceptors (Lipinski definition) is 8. The summed E-state index contributed by atoms with van der Waals surface area (Å²) in [6.45, 7) is 1.52. The summed E-state index contributed by atoms with van der Waals surface area (Å²) in [5.41, 5.74) is -1.41. The first-order valence-corrected chi connectivity index (χ1v) is 5.69. The van der Waals surface area contributed by atoms with E-state index < -0.39 is 54.6 Å². The van der Waals surface area contributed by atoms with E-state index in [0.717, 1.165) is 20.8 Å². The molecule has 0 aromatic heterocycles. The van der Waals surface area contributed by atoms with Crippen molar-refractivity contribution >= 4 is 17.9 Å². The van der Waals surface area contributed by atoms with Crippen molar-refractivity contribution in [3.8, 4) is 0 Å². The molecule has 0 aliphatic carbocycles. The molecule has 0 atom stereocenters. The Morgan fingerprint density at radius 2 is 1.20 bits per heavy atom. The van der Waals surface area contributed by atoms with Crippen molar-refractivity contribution in [1.29, 1.82) is 0 Å². The van der Waals surface area contributed by atoms with Gasteiger partial charge in [0.15, 0.2) is 0 Å². The molecule has 0 spiro atoms. The van der Waals surface area contributed by atoms with E-state index in [1.165, 1.54) is 0 Å². The number of rotatable bonds is 8. The van der Waals surface area contributed by atoms with Gasteiger partial charge in [-0.15, -0.1) is 0 Å². The molecule has 0 rings (SSSR count). The molecule has 0 radical (unpaired) electrons. The predicted octanol–water partition coefficient (Wildman–Crippen LogP) is -0.0612. The van der Waals surface area contributed by atoms with Crippen LogP contribution in [0.2, 0.25) is 0 Å². The molecule has 0 saturated carbocycles. The van der Waals surface area contributed by atoms with Crippen LogP contribution in [0.4, 0.5) is 0 Å². The van der Waals surface area contributed by atoms with Crippen LogP contribution in [0.1, 0.15) is 20.8 Å². The Balaban J connectivity index is 5.02. The zero-order valence-corrected chi connectivity index (χ0v) is 11.5. The van der Waals surface area contributed by atoms with Gasteiger partial charge in [-0.05, 0) is 0 Å². The number of nitrogens with zero attached hydrogens (tertiary/aromatic N) is 1. The first-order valence-electron chi connectivity index (χ1n) is 5.69. The molecule has 0 amide bonds. The van der Waals surface area contributed by atoms with Gasteiger partial charge in [0.05, 0.1) is 0 Å². The summed E-state index contributed by atoms with van der Waals surface area (Å²) in [6.07, 6.45) is 0. The minimum absolute atomic E-state index is 0.399. The van der Waals surface area contributed by atoms with Crippen LogP contribution in [0.3, 0.4) is 0 Å². The third kappa shape index (κ3) is 8.01. The SMILES string of the molecule is CC(=O)OCC(COC(C)=O)(COC(C)=O)C[N+](=O)[O-]. The highest BCUT2D eigenvalue weighted by molar-refractivity contribution is 5.67. The fraction of sp³-hybridized carbons (Fsp3) is 0.727. The first-order chi connectivity index (χ1) is 9.17. The fourth-order valence-electron chi connectivity index (χ4n) is 1.30. The summed E-state index contributed by atoms with van der Waals surface area (Å²) >= 11 is 0. The van der Waals surface area contributed by atoms with Gasteiger partial charge in [-0.2, -0.15) is 0 Å². The lowest BCUT2D eigenvalue weighted by molar-refractivity contribution is -0.500. The minimum atomic E-state index is -1.41. The van der Waals surface area contributed by atoms with Gasteiger partial charge in [0.2, 0.25) is 6.54 Å². The summed E-state index contributed by atoms with van der Waals surface area (Å²) in [5, 5.41) is 10.7. The Morgan fingerprint density at radius 1 is 0.900 bits per heavy atom. The summed E-state index contributed by atoms with van der Waals surface area (Å²) in [4.78, 5) is 42.6. The molecule has 0 saturated heterocycles. The molecule has 9 heteroatoms. The molecule has 0 N–H and O–H groups in total. The lowest BCUT2D eigenvalue weighted by atomic mass is 9.91. The van der Waals surface area contributed by atoms with E-state index in [1.807, 2.05) is 0 Å². The van der Waals surface area contributed by atoms with E-state index in [-0.39, 0.29) is 0 Å². The van der Waals surface area contributed by atoms with Crippen molar-refractivity contribution in [3.63, 3.8) is 0 Å². The molecule has 0 aliphatic rings. The lowest BCUT2D eigenvalue weighted by Gasteiger charge is -2.27. The zero-order chi connectivity index (χ0) is 15.8. The number of carbonyl (C=O) groups excluding carboxylic acids is 3. The summed E-state index contributed by atoms with van der Waals surface area (Å²) < 4.78 is 14.2. The Hall–Kier alpha value is -2.19. The van der Waals surface area contributed by atoms with Crippen molar-refractivity contribution in [1.82, 2.24) is 0 Å². The molecule has 114 valence electrons. The molecule has 20 heavy (non-hydrogen) atoms. The second-order valence-corrected chi connectivity index (χ2v) is 4.33. The molecule has 9 nitrogen and oxygen atoms in total. The van der Waals surface area contributed by atoms with Gasteiger partial charge < -0.3 is 14.2 Å². The van der Waals surface area contributed by atoms with Crippen LogP contribution in [0.5, 0.6) is 0 Å². The largest absolute Gasteiger partial charge is 0.465 e. The Kier molecular flexibility index (Phi) is 7.19. The van der Waals surface area contributed by atoms with Crippen molar-refractivity contribution in [3.05, 3.63) is 10.1 Å². The van der Waals surface area contributed by atoms with Gasteiger partial charge in [0, 0.05) is 25.7 Å².